The summed E-state index contributed by atoms with van der Waals surface area (Å²) < 4.78 is 34.7. The predicted molar refractivity (Wildman–Crippen MR) is 75.9 cm³/mol. The summed E-state index contributed by atoms with van der Waals surface area (Å²) in [4.78, 5) is 0. The molecule has 0 aliphatic rings. The van der Waals surface area contributed by atoms with E-state index < -0.39 is 35.5 Å². The summed E-state index contributed by atoms with van der Waals surface area (Å²) in [6.07, 6.45) is 0. The van der Waals surface area contributed by atoms with Gasteiger partial charge in [-0.2, -0.15) is 0 Å². The van der Waals surface area contributed by atoms with Crippen molar-refractivity contribution in [1.29, 1.82) is 0 Å². The molecule has 0 bridgehead atoms. The molecule has 0 N–H and O–H groups in total. The van der Waals surface area contributed by atoms with E-state index in [4.69, 9.17) is 19.9 Å². The third-order valence-corrected chi connectivity index (χ3v) is 12.2. The van der Waals surface area contributed by atoms with Crippen LogP contribution in [0.2, 0.25) is 0 Å². The molecule has 0 atom stereocenters. The van der Waals surface area contributed by atoms with Gasteiger partial charge in [-0.25, -0.2) is 0 Å². The molecule has 0 amide bonds. The van der Waals surface area contributed by atoms with Gasteiger partial charge in [-0.3, -0.25) is 0 Å². The molecule has 1 aromatic rings. The van der Waals surface area contributed by atoms with Crippen LogP contribution < -0.4 is 0 Å². The summed E-state index contributed by atoms with van der Waals surface area (Å²) >= 11 is -6.50. The monoisotopic (exact) mass is 386 g/mol. The molecule has 0 aromatic heterocycles. The third-order valence-electron chi connectivity index (χ3n) is 3.80. The Hall–Kier alpha value is 0.409. The number of benzene rings is 1. The van der Waals surface area contributed by atoms with Crippen molar-refractivity contribution < 1.29 is 55.4 Å². The van der Waals surface area contributed by atoms with E-state index in [2.05, 4.69) is 12.1 Å². The molecule has 8 heteroatoms. The first-order chi connectivity index (χ1) is 10.5. The van der Waals surface area contributed by atoms with Crippen molar-refractivity contribution in [2.45, 2.75) is 9.45 Å². The van der Waals surface area contributed by atoms with Crippen LogP contribution in [-0.4, -0.2) is 42.7 Å². The van der Waals surface area contributed by atoms with Gasteiger partial charge in [0.05, 0.1) is 0 Å². The Bertz CT molecular complexity index is 391. The maximum atomic E-state index is 5.57. The van der Waals surface area contributed by atoms with Crippen LogP contribution in [0.3, 0.4) is 0 Å². The summed E-state index contributed by atoms with van der Waals surface area (Å²) in [5.41, 5.74) is 2.24. The second-order valence-corrected chi connectivity index (χ2v) is 13.9. The predicted octanol–water partition coefficient (Wildman–Crippen LogP) is 2.36. The molecule has 0 aliphatic carbocycles. The van der Waals surface area contributed by atoms with Gasteiger partial charge in [-0.1, -0.05) is 0 Å². The molecule has 0 saturated heterocycles. The van der Waals surface area contributed by atoms with Gasteiger partial charge in [-0.15, -0.1) is 0 Å². The van der Waals surface area contributed by atoms with Crippen LogP contribution in [0.1, 0.15) is 11.1 Å². The van der Waals surface area contributed by atoms with Gasteiger partial charge < -0.3 is 0 Å². The van der Waals surface area contributed by atoms with E-state index in [1.807, 2.05) is 12.1 Å². The maximum absolute atomic E-state index is 5.57. The van der Waals surface area contributed by atoms with Crippen LogP contribution in [0.4, 0.5) is 0 Å². The molecule has 0 heterocycles. The third kappa shape index (κ3) is 4.95. The van der Waals surface area contributed by atoms with Crippen LogP contribution in [0, 0.1) is 0 Å². The topological polar surface area (TPSA) is 55.4 Å². The van der Waals surface area contributed by atoms with Crippen molar-refractivity contribution in [3.8, 4) is 0 Å². The number of hydrogen-bond donors (Lipinski definition) is 0. The second kappa shape index (κ2) is 9.64. The van der Waals surface area contributed by atoms with Crippen LogP contribution in [0.5, 0.6) is 0 Å². The van der Waals surface area contributed by atoms with Crippen molar-refractivity contribution in [2.75, 3.05) is 42.7 Å². The summed E-state index contributed by atoms with van der Waals surface area (Å²) in [7, 11) is 9.82. The van der Waals surface area contributed by atoms with Crippen molar-refractivity contribution in [3.05, 3.63) is 35.4 Å². The van der Waals surface area contributed by atoms with E-state index in [1.165, 1.54) is 0 Å². The molecule has 6 nitrogen and oxygen atoms in total. The average molecular weight is 386 g/mol. The van der Waals surface area contributed by atoms with Crippen LogP contribution in [0.15, 0.2) is 24.3 Å². The van der Waals surface area contributed by atoms with Crippen molar-refractivity contribution in [2.24, 2.45) is 0 Å². The fourth-order valence-electron chi connectivity index (χ4n) is 2.30. The number of rotatable bonds is 10. The molecule has 0 aliphatic heterocycles. The van der Waals surface area contributed by atoms with Crippen LogP contribution in [-0.2, 0) is 64.9 Å². The van der Waals surface area contributed by atoms with Gasteiger partial charge in [0, 0.05) is 0 Å². The summed E-state index contributed by atoms with van der Waals surface area (Å²) in [6.45, 7) is 0. The van der Waals surface area contributed by atoms with Gasteiger partial charge in [-0.05, 0) is 0 Å². The summed E-state index contributed by atoms with van der Waals surface area (Å²) in [5, 5.41) is 0. The Balaban J connectivity index is 3.09. The molecular formula is C14H26O6Ti2. The summed E-state index contributed by atoms with van der Waals surface area (Å²) in [5.74, 6) is 0. The minimum atomic E-state index is -3.25. The van der Waals surface area contributed by atoms with Gasteiger partial charge >= 0.3 is 143 Å². The Morgan fingerprint density at radius 1 is 0.591 bits per heavy atom. The zero-order valence-corrected chi connectivity index (χ0v) is 17.3. The Labute approximate surface area is 142 Å². The van der Waals surface area contributed by atoms with Crippen molar-refractivity contribution in [3.63, 3.8) is 0 Å². The quantitative estimate of drug-likeness (QED) is 0.576. The normalized spacial score (nSPS) is 12.6. The zero-order chi connectivity index (χ0) is 16.6. The molecule has 0 unspecified atom stereocenters. The van der Waals surface area contributed by atoms with Crippen LogP contribution in [0.25, 0.3) is 0 Å². The van der Waals surface area contributed by atoms with E-state index in [0.29, 0.717) is 9.45 Å². The Kier molecular flexibility index (Phi) is 8.97. The molecule has 0 spiro atoms. The number of hydrogen-bond acceptors (Lipinski definition) is 6. The molecule has 22 heavy (non-hydrogen) atoms. The van der Waals surface area contributed by atoms with Crippen molar-refractivity contribution in [1.82, 2.24) is 0 Å². The van der Waals surface area contributed by atoms with Gasteiger partial charge in [0.2, 0.25) is 0 Å². The minimum absolute atomic E-state index is 0.634. The van der Waals surface area contributed by atoms with Crippen molar-refractivity contribution >= 4 is 0 Å². The molecule has 0 saturated carbocycles. The molecular weight excluding hydrogens is 360 g/mol. The first-order valence-electron chi connectivity index (χ1n) is 6.92. The van der Waals surface area contributed by atoms with E-state index in [-0.39, 0.29) is 0 Å². The molecule has 0 radical (unpaired) electrons. The Morgan fingerprint density at radius 3 is 1.09 bits per heavy atom. The molecule has 126 valence electrons. The zero-order valence-electron chi connectivity index (χ0n) is 14.2. The fraction of sp³-hybridized carbons (Fsp3) is 0.571. The van der Waals surface area contributed by atoms with Gasteiger partial charge in [0.25, 0.3) is 0 Å². The molecule has 0 fully saturated rings. The van der Waals surface area contributed by atoms with Crippen LogP contribution >= 0.6 is 0 Å². The molecule has 1 rings (SSSR count). The standard InChI is InChI=1S/C8H8.6CH3O.2Ti/c1-7-5-3-4-6-8(7)2;6*1-2;;/h3-6H,1-2H2;6*1H3;;/q;6*-1;2*+3. The first-order valence-corrected chi connectivity index (χ1v) is 12.9. The van der Waals surface area contributed by atoms with E-state index in [0.717, 1.165) is 11.1 Å². The molecule has 1 aromatic carbocycles. The van der Waals surface area contributed by atoms with E-state index in [9.17, 15) is 0 Å². The van der Waals surface area contributed by atoms with Gasteiger partial charge in [0.1, 0.15) is 0 Å². The first kappa shape index (κ1) is 20.5. The Morgan fingerprint density at radius 2 is 0.864 bits per heavy atom. The summed E-state index contributed by atoms with van der Waals surface area (Å²) in [6, 6.07) is 8.10. The van der Waals surface area contributed by atoms with E-state index >= 15 is 0 Å². The van der Waals surface area contributed by atoms with Gasteiger partial charge in [0.15, 0.2) is 0 Å². The SMILES string of the molecule is C[O][Ti]([CH2]c1ccccc1[CH2][Ti]([O]C)([O]C)[O]C)([O]C)[O]C. The average Bonchev–Trinajstić information content (AvgIpc) is 2.59. The fourth-order valence-corrected chi connectivity index (χ4v) is 7.75. The van der Waals surface area contributed by atoms with E-state index in [1.54, 1.807) is 42.7 Å². The second-order valence-electron chi connectivity index (χ2n) is 4.71.